The number of benzene rings is 1. The molecule has 0 radical (unpaired) electrons. The minimum Gasteiger partial charge on any atom is -0.354 e. The maximum absolute atomic E-state index is 12.0. The van der Waals surface area contributed by atoms with Crippen molar-refractivity contribution >= 4 is 5.91 Å². The fourth-order valence-corrected chi connectivity index (χ4v) is 3.32. The number of hydrogen-bond donors (Lipinski definition) is 1. The fourth-order valence-electron chi connectivity index (χ4n) is 3.32. The summed E-state index contributed by atoms with van der Waals surface area (Å²) in [6.45, 7) is 7.62. The third kappa shape index (κ3) is 4.26. The van der Waals surface area contributed by atoms with Gasteiger partial charge in [-0.1, -0.05) is 44.2 Å². The number of hydrogen-bond acceptors (Lipinski definition) is 2. The smallest absolute Gasteiger partial charge is 0.220 e. The minimum absolute atomic E-state index is 0.156. The van der Waals surface area contributed by atoms with Crippen LogP contribution in [0.4, 0.5) is 0 Å². The van der Waals surface area contributed by atoms with Crippen LogP contribution >= 0.6 is 0 Å². The molecule has 24 heavy (non-hydrogen) atoms. The first kappa shape index (κ1) is 16.8. The van der Waals surface area contributed by atoms with Crippen molar-refractivity contribution in [3.8, 4) is 0 Å². The quantitative estimate of drug-likeness (QED) is 0.886. The molecule has 0 bridgehead atoms. The Morgan fingerprint density at radius 3 is 2.75 bits per heavy atom. The predicted molar refractivity (Wildman–Crippen MR) is 96.4 cm³/mol. The van der Waals surface area contributed by atoms with E-state index in [1.54, 1.807) is 0 Å². The second-order valence-electron chi connectivity index (χ2n) is 7.10. The zero-order valence-corrected chi connectivity index (χ0v) is 14.6. The Bertz CT molecular complexity index is 663. The molecule has 1 aromatic heterocycles. The molecule has 0 spiro atoms. The van der Waals surface area contributed by atoms with Gasteiger partial charge in [0.05, 0.1) is 0 Å². The Morgan fingerprint density at radius 2 is 2.00 bits per heavy atom. The second kappa shape index (κ2) is 7.67. The molecule has 4 heteroatoms. The molecule has 0 saturated carbocycles. The van der Waals surface area contributed by atoms with E-state index in [0.29, 0.717) is 24.9 Å². The molecule has 0 saturated heterocycles. The summed E-state index contributed by atoms with van der Waals surface area (Å²) >= 11 is 0. The van der Waals surface area contributed by atoms with Gasteiger partial charge in [-0.3, -0.25) is 9.69 Å². The summed E-state index contributed by atoms with van der Waals surface area (Å²) in [5, 5.41) is 3.13. The van der Waals surface area contributed by atoms with Gasteiger partial charge in [0, 0.05) is 50.5 Å². The van der Waals surface area contributed by atoms with Crippen molar-refractivity contribution < 1.29 is 4.79 Å². The third-order valence-corrected chi connectivity index (χ3v) is 4.57. The number of aromatic nitrogens is 1. The molecule has 1 amide bonds. The second-order valence-corrected chi connectivity index (χ2v) is 7.10. The van der Waals surface area contributed by atoms with Crippen LogP contribution in [0.1, 0.15) is 31.5 Å². The van der Waals surface area contributed by atoms with Crippen LogP contribution in [0.5, 0.6) is 0 Å². The zero-order chi connectivity index (χ0) is 16.9. The molecule has 1 aliphatic heterocycles. The molecule has 1 aromatic carbocycles. The van der Waals surface area contributed by atoms with Crippen LogP contribution in [0.3, 0.4) is 0 Å². The van der Waals surface area contributed by atoms with Gasteiger partial charge in [0.2, 0.25) is 5.91 Å². The summed E-state index contributed by atoms with van der Waals surface area (Å²) in [5.41, 5.74) is 2.66. The Labute approximate surface area is 144 Å². The van der Waals surface area contributed by atoms with Crippen molar-refractivity contribution in [2.24, 2.45) is 5.92 Å². The lowest BCUT2D eigenvalue weighted by molar-refractivity contribution is -0.122. The molecule has 1 unspecified atom stereocenters. The first-order valence-corrected chi connectivity index (χ1v) is 8.80. The van der Waals surface area contributed by atoms with Gasteiger partial charge in [0.1, 0.15) is 0 Å². The van der Waals surface area contributed by atoms with Gasteiger partial charge in [0.15, 0.2) is 0 Å². The van der Waals surface area contributed by atoms with Gasteiger partial charge < -0.3 is 9.88 Å². The Morgan fingerprint density at radius 1 is 1.21 bits per heavy atom. The Hall–Kier alpha value is -2.07. The molecule has 1 aliphatic rings. The van der Waals surface area contributed by atoms with E-state index < -0.39 is 0 Å². The fraction of sp³-hybridized carbons (Fsp3) is 0.450. The standard InChI is InChI=1S/C20H27N3O/c1-16(2)11-20(24)21-12-19-15-22-10-6-9-18(22)14-23(19)13-17-7-4-3-5-8-17/h3-10,16,19H,11-15H2,1-2H3,(H,21,24). The summed E-state index contributed by atoms with van der Waals surface area (Å²) in [7, 11) is 0. The molecule has 1 N–H and O–H groups in total. The summed E-state index contributed by atoms with van der Waals surface area (Å²) < 4.78 is 2.31. The minimum atomic E-state index is 0.156. The average Bonchev–Trinajstić information content (AvgIpc) is 3.00. The number of nitrogens with one attached hydrogen (secondary N) is 1. The molecule has 3 rings (SSSR count). The molecular formula is C20H27N3O. The number of carbonyl (C=O) groups is 1. The molecule has 1 atom stereocenters. The highest BCUT2D eigenvalue weighted by Gasteiger charge is 2.26. The largest absolute Gasteiger partial charge is 0.354 e. The van der Waals surface area contributed by atoms with Crippen LogP contribution < -0.4 is 5.32 Å². The van der Waals surface area contributed by atoms with Crippen LogP contribution in [0, 0.1) is 5.92 Å². The lowest BCUT2D eigenvalue weighted by Gasteiger charge is -2.37. The molecule has 128 valence electrons. The SMILES string of the molecule is CC(C)CC(=O)NCC1Cn2cccc2CN1Cc1ccccc1. The van der Waals surface area contributed by atoms with Crippen molar-refractivity contribution in [1.82, 2.24) is 14.8 Å². The average molecular weight is 325 g/mol. The number of amides is 1. The topological polar surface area (TPSA) is 37.3 Å². The van der Waals surface area contributed by atoms with E-state index in [-0.39, 0.29) is 5.91 Å². The molecule has 2 heterocycles. The molecule has 4 nitrogen and oxygen atoms in total. The van der Waals surface area contributed by atoms with Crippen molar-refractivity contribution in [3.05, 3.63) is 59.9 Å². The number of nitrogens with zero attached hydrogens (tertiary/aromatic N) is 2. The van der Waals surface area contributed by atoms with E-state index in [1.165, 1.54) is 11.3 Å². The lowest BCUT2D eigenvalue weighted by Crippen LogP contribution is -2.48. The molecule has 0 fully saturated rings. The lowest BCUT2D eigenvalue weighted by atomic mass is 10.1. The number of fused-ring (bicyclic) bond motifs is 1. The number of rotatable bonds is 6. The monoisotopic (exact) mass is 325 g/mol. The van der Waals surface area contributed by atoms with E-state index in [0.717, 1.165) is 19.6 Å². The van der Waals surface area contributed by atoms with Crippen LogP contribution in [0.25, 0.3) is 0 Å². The van der Waals surface area contributed by atoms with Crippen LogP contribution in [0.15, 0.2) is 48.7 Å². The highest BCUT2D eigenvalue weighted by molar-refractivity contribution is 5.76. The zero-order valence-electron chi connectivity index (χ0n) is 14.6. The summed E-state index contributed by atoms with van der Waals surface area (Å²) in [6, 6.07) is 15.2. The first-order chi connectivity index (χ1) is 11.6. The highest BCUT2D eigenvalue weighted by Crippen LogP contribution is 2.20. The van der Waals surface area contributed by atoms with E-state index in [9.17, 15) is 4.79 Å². The van der Waals surface area contributed by atoms with E-state index >= 15 is 0 Å². The summed E-state index contributed by atoms with van der Waals surface area (Å²) in [4.78, 5) is 14.5. The van der Waals surface area contributed by atoms with Gasteiger partial charge in [-0.25, -0.2) is 0 Å². The normalized spacial score (nSPS) is 17.7. The van der Waals surface area contributed by atoms with Crippen molar-refractivity contribution in [2.75, 3.05) is 6.54 Å². The van der Waals surface area contributed by atoms with Crippen molar-refractivity contribution in [1.29, 1.82) is 0 Å². The van der Waals surface area contributed by atoms with Gasteiger partial charge in [0.25, 0.3) is 0 Å². The molecular weight excluding hydrogens is 298 g/mol. The van der Waals surface area contributed by atoms with Gasteiger partial charge in [-0.15, -0.1) is 0 Å². The van der Waals surface area contributed by atoms with Crippen LogP contribution in [-0.2, 0) is 24.4 Å². The van der Waals surface area contributed by atoms with Crippen LogP contribution in [-0.4, -0.2) is 28.0 Å². The Kier molecular flexibility index (Phi) is 5.36. The van der Waals surface area contributed by atoms with Gasteiger partial charge in [-0.2, -0.15) is 0 Å². The summed E-state index contributed by atoms with van der Waals surface area (Å²) in [6.07, 6.45) is 2.73. The molecule has 2 aromatic rings. The van der Waals surface area contributed by atoms with Crippen LogP contribution in [0.2, 0.25) is 0 Å². The Balaban J connectivity index is 1.67. The van der Waals surface area contributed by atoms with E-state index in [4.69, 9.17) is 0 Å². The highest BCUT2D eigenvalue weighted by atomic mass is 16.1. The van der Waals surface area contributed by atoms with Crippen molar-refractivity contribution in [2.45, 2.75) is 45.9 Å². The maximum Gasteiger partial charge on any atom is 0.220 e. The van der Waals surface area contributed by atoms with Gasteiger partial charge >= 0.3 is 0 Å². The van der Waals surface area contributed by atoms with Gasteiger partial charge in [-0.05, 0) is 23.6 Å². The summed E-state index contributed by atoms with van der Waals surface area (Å²) in [5.74, 6) is 0.552. The first-order valence-electron chi connectivity index (χ1n) is 8.80. The van der Waals surface area contributed by atoms with E-state index in [2.05, 4.69) is 77.3 Å². The van der Waals surface area contributed by atoms with E-state index in [1.807, 2.05) is 0 Å². The third-order valence-electron chi connectivity index (χ3n) is 4.57. The maximum atomic E-state index is 12.0. The van der Waals surface area contributed by atoms with Crippen molar-refractivity contribution in [3.63, 3.8) is 0 Å². The predicted octanol–water partition coefficient (Wildman–Crippen LogP) is 3.03. The number of carbonyl (C=O) groups excluding carboxylic acids is 1. The molecule has 0 aliphatic carbocycles.